The number of carboxylic acids is 1. The van der Waals surface area contributed by atoms with Crippen LogP contribution >= 0.6 is 0 Å². The van der Waals surface area contributed by atoms with Gasteiger partial charge in [-0.05, 0) is 42.6 Å². The second kappa shape index (κ2) is 5.94. The molecule has 22 heavy (non-hydrogen) atoms. The third-order valence-corrected chi connectivity index (χ3v) is 4.70. The van der Waals surface area contributed by atoms with E-state index in [0.717, 1.165) is 18.6 Å². The molecule has 2 rings (SSSR count). The summed E-state index contributed by atoms with van der Waals surface area (Å²) in [7, 11) is 1.73. The molecule has 122 valence electrons. The third-order valence-electron chi connectivity index (χ3n) is 4.70. The first kappa shape index (κ1) is 16.9. The van der Waals surface area contributed by atoms with Gasteiger partial charge in [-0.2, -0.15) is 0 Å². The van der Waals surface area contributed by atoms with E-state index in [-0.39, 0.29) is 11.3 Å². The third kappa shape index (κ3) is 3.45. The van der Waals surface area contributed by atoms with Crippen molar-refractivity contribution in [2.45, 2.75) is 58.8 Å². The number of carboxylic acid groups (broad SMARTS) is 1. The Morgan fingerprint density at radius 2 is 2.05 bits per heavy atom. The van der Waals surface area contributed by atoms with Crippen LogP contribution < -0.4 is 4.74 Å². The standard InChI is InChI=1S/C19H28O3/c1-11-7-14(12(2)9-13-10-15(13)18(20)21)17(22-6)16(8-11)19(3,4)5/h7-8,12-13,15H,9-10H2,1-6H3,(H,20,21). The smallest absolute Gasteiger partial charge is 0.306 e. The Balaban J connectivity index is 2.30. The molecule has 3 unspecified atom stereocenters. The molecule has 3 atom stereocenters. The van der Waals surface area contributed by atoms with Crippen molar-refractivity contribution in [1.29, 1.82) is 0 Å². The molecule has 1 aromatic rings. The van der Waals surface area contributed by atoms with Crippen molar-refractivity contribution in [1.82, 2.24) is 0 Å². The summed E-state index contributed by atoms with van der Waals surface area (Å²) >= 11 is 0. The summed E-state index contributed by atoms with van der Waals surface area (Å²) in [4.78, 5) is 11.0. The molecule has 0 saturated heterocycles. The van der Waals surface area contributed by atoms with Crippen LogP contribution in [0.4, 0.5) is 0 Å². The van der Waals surface area contributed by atoms with Crippen LogP contribution in [0.25, 0.3) is 0 Å². The first-order valence-electron chi connectivity index (χ1n) is 8.07. The number of hydrogen-bond donors (Lipinski definition) is 1. The Hall–Kier alpha value is -1.51. The molecular formula is C19H28O3. The van der Waals surface area contributed by atoms with E-state index in [1.165, 1.54) is 16.7 Å². The molecule has 1 fully saturated rings. The lowest BCUT2D eigenvalue weighted by Gasteiger charge is -2.27. The van der Waals surface area contributed by atoms with Gasteiger partial charge >= 0.3 is 5.97 Å². The zero-order valence-corrected chi connectivity index (χ0v) is 14.6. The van der Waals surface area contributed by atoms with Gasteiger partial charge in [-0.25, -0.2) is 0 Å². The van der Waals surface area contributed by atoms with Crippen molar-refractivity contribution in [3.63, 3.8) is 0 Å². The molecule has 1 aliphatic carbocycles. The average molecular weight is 304 g/mol. The Kier molecular flexibility index (Phi) is 4.55. The van der Waals surface area contributed by atoms with Crippen molar-refractivity contribution in [2.24, 2.45) is 11.8 Å². The SMILES string of the molecule is COc1c(C(C)CC2CC2C(=O)O)cc(C)cc1C(C)(C)C. The van der Waals surface area contributed by atoms with Gasteiger partial charge in [0.2, 0.25) is 0 Å². The first-order chi connectivity index (χ1) is 10.1. The molecule has 1 N–H and O–H groups in total. The highest BCUT2D eigenvalue weighted by Gasteiger charge is 2.43. The van der Waals surface area contributed by atoms with E-state index in [1.807, 2.05) is 0 Å². The zero-order valence-electron chi connectivity index (χ0n) is 14.6. The monoisotopic (exact) mass is 304 g/mol. The van der Waals surface area contributed by atoms with E-state index >= 15 is 0 Å². The van der Waals surface area contributed by atoms with Gasteiger partial charge in [-0.1, -0.05) is 45.4 Å². The fraction of sp³-hybridized carbons (Fsp3) is 0.632. The van der Waals surface area contributed by atoms with Crippen LogP contribution in [0.2, 0.25) is 0 Å². The highest BCUT2D eigenvalue weighted by Crippen LogP contribution is 2.47. The molecule has 0 amide bonds. The normalized spacial score (nSPS) is 22.3. The van der Waals surface area contributed by atoms with Gasteiger partial charge in [0.1, 0.15) is 5.75 Å². The van der Waals surface area contributed by atoms with Crippen molar-refractivity contribution >= 4 is 5.97 Å². The molecule has 1 saturated carbocycles. The van der Waals surface area contributed by atoms with Crippen LogP contribution in [0.1, 0.15) is 63.1 Å². The van der Waals surface area contributed by atoms with Gasteiger partial charge in [0.25, 0.3) is 0 Å². The maximum atomic E-state index is 11.0. The molecule has 1 aliphatic rings. The Labute approximate surface area is 133 Å². The molecule has 3 heteroatoms. The van der Waals surface area contributed by atoms with Gasteiger partial charge in [0.05, 0.1) is 13.0 Å². The lowest BCUT2D eigenvalue weighted by atomic mass is 9.81. The van der Waals surface area contributed by atoms with Crippen molar-refractivity contribution in [2.75, 3.05) is 7.11 Å². The van der Waals surface area contributed by atoms with Gasteiger partial charge in [0, 0.05) is 5.56 Å². The second-order valence-corrected chi connectivity index (χ2v) is 7.76. The van der Waals surface area contributed by atoms with E-state index in [4.69, 9.17) is 9.84 Å². The molecule has 0 bridgehead atoms. The highest BCUT2D eigenvalue weighted by molar-refractivity contribution is 5.73. The van der Waals surface area contributed by atoms with Gasteiger partial charge in [0.15, 0.2) is 0 Å². The predicted molar refractivity (Wildman–Crippen MR) is 88.7 cm³/mol. The number of carbonyl (C=O) groups is 1. The summed E-state index contributed by atoms with van der Waals surface area (Å²) < 4.78 is 5.74. The molecule has 0 aliphatic heterocycles. The average Bonchev–Trinajstić information content (AvgIpc) is 3.16. The van der Waals surface area contributed by atoms with Gasteiger partial charge < -0.3 is 9.84 Å². The molecule has 0 spiro atoms. The summed E-state index contributed by atoms with van der Waals surface area (Å²) in [6.45, 7) is 10.9. The number of ether oxygens (including phenoxy) is 1. The molecule has 1 aromatic carbocycles. The number of aliphatic carboxylic acids is 1. The van der Waals surface area contributed by atoms with Gasteiger partial charge in [-0.3, -0.25) is 4.79 Å². The minimum Gasteiger partial charge on any atom is -0.496 e. The van der Waals surface area contributed by atoms with Crippen LogP contribution in [0.15, 0.2) is 12.1 Å². The van der Waals surface area contributed by atoms with Crippen LogP contribution in [0, 0.1) is 18.8 Å². The zero-order chi connectivity index (χ0) is 16.7. The lowest BCUT2D eigenvalue weighted by molar-refractivity contribution is -0.138. The second-order valence-electron chi connectivity index (χ2n) is 7.76. The maximum Gasteiger partial charge on any atom is 0.306 e. The van der Waals surface area contributed by atoms with E-state index in [9.17, 15) is 4.79 Å². The molecular weight excluding hydrogens is 276 g/mol. The van der Waals surface area contributed by atoms with Crippen LogP contribution in [0.5, 0.6) is 5.75 Å². The minimum absolute atomic E-state index is 0.0228. The summed E-state index contributed by atoms with van der Waals surface area (Å²) in [5.74, 6) is 0.809. The number of benzene rings is 1. The van der Waals surface area contributed by atoms with E-state index in [2.05, 4.69) is 46.8 Å². The Bertz CT molecular complexity index is 569. The van der Waals surface area contributed by atoms with E-state index < -0.39 is 5.97 Å². The van der Waals surface area contributed by atoms with Crippen LogP contribution in [-0.4, -0.2) is 18.2 Å². The lowest BCUT2D eigenvalue weighted by Crippen LogP contribution is -2.15. The van der Waals surface area contributed by atoms with Crippen LogP contribution in [0.3, 0.4) is 0 Å². The van der Waals surface area contributed by atoms with Crippen molar-refractivity contribution in [3.8, 4) is 5.75 Å². The Morgan fingerprint density at radius 1 is 1.41 bits per heavy atom. The summed E-state index contributed by atoms with van der Waals surface area (Å²) in [5, 5.41) is 9.08. The fourth-order valence-electron chi connectivity index (χ4n) is 3.34. The summed E-state index contributed by atoms with van der Waals surface area (Å²) in [6.07, 6.45) is 1.74. The molecule has 0 aromatic heterocycles. The minimum atomic E-state index is -0.649. The molecule has 0 radical (unpaired) electrons. The number of aryl methyl sites for hydroxylation is 1. The highest BCUT2D eigenvalue weighted by atomic mass is 16.5. The molecule has 0 heterocycles. The number of methoxy groups -OCH3 is 1. The first-order valence-corrected chi connectivity index (χ1v) is 8.07. The fourth-order valence-corrected chi connectivity index (χ4v) is 3.34. The van der Waals surface area contributed by atoms with Crippen LogP contribution in [-0.2, 0) is 10.2 Å². The topological polar surface area (TPSA) is 46.5 Å². The number of hydrogen-bond acceptors (Lipinski definition) is 2. The largest absolute Gasteiger partial charge is 0.496 e. The van der Waals surface area contributed by atoms with E-state index in [1.54, 1.807) is 7.11 Å². The van der Waals surface area contributed by atoms with Crippen molar-refractivity contribution < 1.29 is 14.6 Å². The van der Waals surface area contributed by atoms with E-state index in [0.29, 0.717) is 11.8 Å². The quantitative estimate of drug-likeness (QED) is 0.870. The van der Waals surface area contributed by atoms with Crippen molar-refractivity contribution in [3.05, 3.63) is 28.8 Å². The molecule has 3 nitrogen and oxygen atoms in total. The summed E-state index contributed by atoms with van der Waals surface area (Å²) in [6, 6.07) is 4.39. The predicted octanol–water partition coefficient (Wildman–Crippen LogP) is 4.52. The van der Waals surface area contributed by atoms with Gasteiger partial charge in [-0.15, -0.1) is 0 Å². The Morgan fingerprint density at radius 3 is 2.50 bits per heavy atom. The maximum absolute atomic E-state index is 11.0. The summed E-state index contributed by atoms with van der Waals surface area (Å²) in [5.41, 5.74) is 3.69. The number of rotatable bonds is 5.